The first-order valence-corrected chi connectivity index (χ1v) is 7.73. The van der Waals surface area contributed by atoms with E-state index in [1.165, 1.54) is 0 Å². The van der Waals surface area contributed by atoms with Gasteiger partial charge >= 0.3 is 0 Å². The number of rotatable bonds is 3. The van der Waals surface area contributed by atoms with Crippen molar-refractivity contribution in [1.29, 1.82) is 5.26 Å². The van der Waals surface area contributed by atoms with Crippen molar-refractivity contribution in [3.8, 4) is 11.8 Å². The Morgan fingerprint density at radius 1 is 1.21 bits per heavy atom. The number of methoxy groups -OCH3 is 1. The van der Waals surface area contributed by atoms with Crippen LogP contribution in [0.1, 0.15) is 11.7 Å². The summed E-state index contributed by atoms with van der Waals surface area (Å²) in [6.45, 7) is 0. The lowest BCUT2D eigenvalue weighted by Crippen LogP contribution is -2.46. The van der Waals surface area contributed by atoms with Crippen LogP contribution < -0.4 is 15.0 Å². The summed E-state index contributed by atoms with van der Waals surface area (Å²) in [5.41, 5.74) is 1.64. The molecule has 1 aliphatic rings. The molecule has 0 saturated heterocycles. The molecule has 6 heteroatoms. The van der Waals surface area contributed by atoms with Gasteiger partial charge in [0, 0.05) is 5.69 Å². The number of hydrogen-bond acceptors (Lipinski definition) is 5. The lowest BCUT2D eigenvalue weighted by molar-refractivity contribution is -0.118. The Labute approximate surface area is 145 Å². The monoisotopic (exact) mass is 337 g/mol. The highest BCUT2D eigenvalue weighted by molar-refractivity contribution is 7.84. The number of ether oxygens (including phenoxy) is 1. The highest BCUT2D eigenvalue weighted by Crippen LogP contribution is 2.36. The van der Waals surface area contributed by atoms with Crippen molar-refractivity contribution in [2.45, 2.75) is 6.17 Å². The van der Waals surface area contributed by atoms with Crippen molar-refractivity contribution in [3.05, 3.63) is 70.8 Å². The Morgan fingerprint density at radius 2 is 1.96 bits per heavy atom. The van der Waals surface area contributed by atoms with Crippen molar-refractivity contribution < 1.29 is 9.53 Å². The molecule has 0 aromatic heterocycles. The van der Waals surface area contributed by atoms with Crippen LogP contribution >= 0.6 is 12.6 Å². The highest BCUT2D eigenvalue weighted by Gasteiger charge is 2.33. The van der Waals surface area contributed by atoms with Gasteiger partial charge in [0.25, 0.3) is 5.91 Å². The van der Waals surface area contributed by atoms with Crippen molar-refractivity contribution in [2.75, 3.05) is 12.0 Å². The van der Waals surface area contributed by atoms with Gasteiger partial charge in [0.15, 0.2) is 0 Å². The minimum atomic E-state index is -0.486. The molecule has 2 aromatic rings. The van der Waals surface area contributed by atoms with E-state index in [-0.39, 0.29) is 5.57 Å². The quantitative estimate of drug-likeness (QED) is 0.845. The second kappa shape index (κ2) is 6.69. The molecule has 1 N–H and O–H groups in total. The van der Waals surface area contributed by atoms with Crippen LogP contribution in [0.5, 0.6) is 5.75 Å². The molecule has 0 fully saturated rings. The molecule has 0 bridgehead atoms. The van der Waals surface area contributed by atoms with Crippen LogP contribution in [0.4, 0.5) is 5.69 Å². The standard InChI is InChI=1S/C18H15N3O2S/c1-23-14-9-5-6-12(10-14)16-20-17(22)15(11-19)18(24)21(16)13-7-3-2-4-8-13/h2-10,16,24H,1H3,(H,20,22). The predicted octanol–water partition coefficient (Wildman–Crippen LogP) is 3.00. The zero-order chi connectivity index (χ0) is 17.1. The first-order chi connectivity index (χ1) is 11.7. The van der Waals surface area contributed by atoms with Gasteiger partial charge < -0.3 is 15.0 Å². The summed E-state index contributed by atoms with van der Waals surface area (Å²) in [5.74, 6) is 0.244. The van der Waals surface area contributed by atoms with Crippen molar-refractivity contribution >= 4 is 24.2 Å². The number of nitrogens with one attached hydrogen (secondary N) is 1. The average molecular weight is 337 g/mol. The SMILES string of the molecule is COc1cccc(C2NC(=O)C(C#N)=C(S)N2c2ccccc2)c1. The molecule has 3 rings (SSSR count). The first kappa shape index (κ1) is 16.0. The van der Waals surface area contributed by atoms with Gasteiger partial charge in [0.05, 0.1) is 12.1 Å². The summed E-state index contributed by atoms with van der Waals surface area (Å²) in [7, 11) is 1.59. The largest absolute Gasteiger partial charge is 0.497 e. The third-order valence-electron chi connectivity index (χ3n) is 3.76. The number of nitrogens with zero attached hydrogens (tertiary/aromatic N) is 2. The van der Waals surface area contributed by atoms with E-state index >= 15 is 0 Å². The Hall–Kier alpha value is -2.91. The molecule has 24 heavy (non-hydrogen) atoms. The molecule has 0 spiro atoms. The number of carbonyl (C=O) groups is 1. The summed E-state index contributed by atoms with van der Waals surface area (Å²) in [4.78, 5) is 14.1. The van der Waals surface area contributed by atoms with Gasteiger partial charge in [-0.3, -0.25) is 4.79 Å². The smallest absolute Gasteiger partial charge is 0.266 e. The van der Waals surface area contributed by atoms with E-state index in [9.17, 15) is 10.1 Å². The molecular weight excluding hydrogens is 322 g/mol. The first-order valence-electron chi connectivity index (χ1n) is 7.28. The van der Waals surface area contributed by atoms with Crippen molar-refractivity contribution in [3.63, 3.8) is 0 Å². The Balaban J connectivity index is 2.15. The minimum absolute atomic E-state index is 0.0127. The summed E-state index contributed by atoms with van der Waals surface area (Å²) in [5, 5.41) is 12.5. The van der Waals surface area contributed by atoms with E-state index in [1.54, 1.807) is 7.11 Å². The normalized spacial score (nSPS) is 17.3. The van der Waals surface area contributed by atoms with Gasteiger partial charge in [-0.1, -0.05) is 30.3 Å². The van der Waals surface area contributed by atoms with Crippen molar-refractivity contribution in [1.82, 2.24) is 5.32 Å². The van der Waals surface area contributed by atoms with Crippen LogP contribution in [-0.4, -0.2) is 13.0 Å². The number of benzene rings is 2. The second-order valence-corrected chi connectivity index (χ2v) is 5.59. The summed E-state index contributed by atoms with van der Waals surface area (Å²) >= 11 is 4.45. The van der Waals surface area contributed by atoms with Gasteiger partial charge in [-0.05, 0) is 29.8 Å². The number of thiol groups is 1. The van der Waals surface area contributed by atoms with Crippen molar-refractivity contribution in [2.24, 2.45) is 0 Å². The van der Waals surface area contributed by atoms with E-state index in [2.05, 4.69) is 17.9 Å². The molecule has 0 saturated carbocycles. The molecular formula is C18H15N3O2S. The van der Waals surface area contributed by atoms with Crippen LogP contribution in [0.2, 0.25) is 0 Å². The maximum Gasteiger partial charge on any atom is 0.266 e. The number of para-hydroxylation sites is 1. The van der Waals surface area contributed by atoms with E-state index in [0.717, 1.165) is 11.3 Å². The van der Waals surface area contributed by atoms with E-state index < -0.39 is 12.1 Å². The summed E-state index contributed by atoms with van der Waals surface area (Å²) in [6, 6.07) is 18.8. The zero-order valence-corrected chi connectivity index (χ0v) is 13.8. The van der Waals surface area contributed by atoms with Gasteiger partial charge in [0.2, 0.25) is 0 Å². The Kier molecular flexibility index (Phi) is 4.45. The predicted molar refractivity (Wildman–Crippen MR) is 94.4 cm³/mol. The number of hydrogen-bond donors (Lipinski definition) is 2. The zero-order valence-electron chi connectivity index (χ0n) is 12.9. The molecule has 0 radical (unpaired) electrons. The second-order valence-electron chi connectivity index (χ2n) is 5.17. The van der Waals surface area contributed by atoms with E-state index in [1.807, 2.05) is 65.6 Å². The maximum absolute atomic E-state index is 12.3. The third kappa shape index (κ3) is 2.82. The topological polar surface area (TPSA) is 65.4 Å². The summed E-state index contributed by atoms with van der Waals surface area (Å²) < 4.78 is 5.27. The minimum Gasteiger partial charge on any atom is -0.497 e. The molecule has 1 atom stereocenters. The van der Waals surface area contributed by atoms with Gasteiger partial charge in [-0.2, -0.15) is 5.26 Å². The number of anilines is 1. The fraction of sp³-hybridized carbons (Fsp3) is 0.111. The van der Waals surface area contributed by atoms with Gasteiger partial charge in [-0.15, -0.1) is 12.6 Å². The number of carbonyl (C=O) groups excluding carboxylic acids is 1. The van der Waals surface area contributed by atoms with Gasteiger partial charge in [0.1, 0.15) is 23.6 Å². The highest BCUT2D eigenvalue weighted by atomic mass is 32.1. The molecule has 1 unspecified atom stereocenters. The molecule has 1 amide bonds. The molecule has 0 aliphatic carbocycles. The lowest BCUT2D eigenvalue weighted by atomic mass is 10.1. The summed E-state index contributed by atoms with van der Waals surface area (Å²) in [6.07, 6.45) is -0.486. The van der Waals surface area contributed by atoms with E-state index in [0.29, 0.717) is 10.8 Å². The molecule has 5 nitrogen and oxygen atoms in total. The lowest BCUT2D eigenvalue weighted by Gasteiger charge is -2.38. The van der Waals surface area contributed by atoms with Crippen LogP contribution in [0, 0.1) is 11.3 Å². The third-order valence-corrected chi connectivity index (χ3v) is 4.20. The molecule has 1 heterocycles. The van der Waals surface area contributed by atoms with E-state index in [4.69, 9.17) is 4.74 Å². The Morgan fingerprint density at radius 3 is 2.62 bits per heavy atom. The molecule has 120 valence electrons. The van der Waals surface area contributed by atoms with Crippen LogP contribution in [0.3, 0.4) is 0 Å². The maximum atomic E-state index is 12.3. The fourth-order valence-electron chi connectivity index (χ4n) is 2.61. The Bertz CT molecular complexity index is 843. The van der Waals surface area contributed by atoms with Crippen LogP contribution in [0.25, 0.3) is 0 Å². The molecule has 2 aromatic carbocycles. The fourth-order valence-corrected chi connectivity index (χ4v) is 2.99. The van der Waals surface area contributed by atoms with Crippen LogP contribution in [0.15, 0.2) is 65.2 Å². The average Bonchev–Trinajstić information content (AvgIpc) is 2.62. The molecule has 1 aliphatic heterocycles. The number of amides is 1. The number of nitriles is 1. The van der Waals surface area contributed by atoms with Gasteiger partial charge in [-0.25, -0.2) is 0 Å². The van der Waals surface area contributed by atoms with Crippen LogP contribution in [-0.2, 0) is 4.79 Å².